The third kappa shape index (κ3) is 3.07. The summed E-state index contributed by atoms with van der Waals surface area (Å²) in [5.74, 6) is 1.08. The van der Waals surface area contributed by atoms with Gasteiger partial charge in [-0.2, -0.15) is 0 Å². The molecule has 0 heterocycles. The zero-order valence-electron chi connectivity index (χ0n) is 9.48. The predicted octanol–water partition coefficient (Wildman–Crippen LogP) is 2.41. The molecule has 0 bridgehead atoms. The van der Waals surface area contributed by atoms with Crippen molar-refractivity contribution in [1.82, 2.24) is 0 Å². The van der Waals surface area contributed by atoms with E-state index in [2.05, 4.69) is 0 Å². The average Bonchev–Trinajstić information content (AvgIpc) is 3.01. The minimum atomic E-state index is -0.298. The van der Waals surface area contributed by atoms with E-state index in [1.54, 1.807) is 6.07 Å². The molecule has 3 heteroatoms. The first-order valence-corrected chi connectivity index (χ1v) is 5.69. The molecule has 2 rings (SSSR count). The van der Waals surface area contributed by atoms with Crippen LogP contribution in [-0.2, 0) is 4.79 Å². The van der Waals surface area contributed by atoms with Crippen molar-refractivity contribution in [3.05, 3.63) is 29.8 Å². The number of rotatable bonds is 4. The predicted molar refractivity (Wildman–Crippen MR) is 62.0 cm³/mol. The Kier molecular flexibility index (Phi) is 3.25. The Morgan fingerprint density at radius 1 is 1.56 bits per heavy atom. The van der Waals surface area contributed by atoms with Crippen molar-refractivity contribution in [2.45, 2.75) is 32.2 Å². The second-order valence-corrected chi connectivity index (χ2v) is 4.45. The molecule has 1 aliphatic carbocycles. The Morgan fingerprint density at radius 2 is 2.31 bits per heavy atom. The number of hydrogen-bond acceptors (Lipinski definition) is 3. The van der Waals surface area contributed by atoms with Crippen molar-refractivity contribution in [2.75, 3.05) is 0 Å². The van der Waals surface area contributed by atoms with Crippen molar-refractivity contribution in [3.8, 4) is 5.75 Å². The lowest BCUT2D eigenvalue weighted by atomic mass is 10.0. The highest BCUT2D eigenvalue weighted by Crippen LogP contribution is 2.37. The topological polar surface area (TPSA) is 52.3 Å². The van der Waals surface area contributed by atoms with Crippen LogP contribution in [0.2, 0.25) is 0 Å². The number of carbonyl (C=O) groups excluding carboxylic acids is 1. The molecule has 0 aliphatic heterocycles. The van der Waals surface area contributed by atoms with Gasteiger partial charge in [0, 0.05) is 13.0 Å². The fourth-order valence-electron chi connectivity index (χ4n) is 1.82. The zero-order chi connectivity index (χ0) is 11.5. The summed E-state index contributed by atoms with van der Waals surface area (Å²) in [4.78, 5) is 10.8. The second kappa shape index (κ2) is 4.66. The number of esters is 1. The minimum absolute atomic E-state index is 0.0583. The lowest BCUT2D eigenvalue weighted by molar-refractivity contribution is -0.131. The summed E-state index contributed by atoms with van der Waals surface area (Å²) >= 11 is 0. The SMILES string of the molecule is CC(=O)Oc1cccc([C@@H](N)CC2CC2)c1. The van der Waals surface area contributed by atoms with Gasteiger partial charge in [0.25, 0.3) is 0 Å². The molecule has 2 N–H and O–H groups in total. The van der Waals surface area contributed by atoms with E-state index in [9.17, 15) is 4.79 Å². The fourth-order valence-corrected chi connectivity index (χ4v) is 1.82. The monoisotopic (exact) mass is 219 g/mol. The van der Waals surface area contributed by atoms with Crippen molar-refractivity contribution in [3.63, 3.8) is 0 Å². The number of ether oxygens (including phenoxy) is 1. The van der Waals surface area contributed by atoms with E-state index in [4.69, 9.17) is 10.5 Å². The number of hydrogen-bond donors (Lipinski definition) is 1. The molecule has 86 valence electrons. The summed E-state index contributed by atoms with van der Waals surface area (Å²) in [5, 5.41) is 0. The molecule has 1 fully saturated rings. The Morgan fingerprint density at radius 3 is 2.94 bits per heavy atom. The molecule has 1 aliphatic rings. The molecule has 16 heavy (non-hydrogen) atoms. The maximum absolute atomic E-state index is 10.8. The van der Waals surface area contributed by atoms with Crippen LogP contribution in [0.25, 0.3) is 0 Å². The zero-order valence-corrected chi connectivity index (χ0v) is 9.48. The van der Waals surface area contributed by atoms with Crippen molar-refractivity contribution >= 4 is 5.97 Å². The van der Waals surface area contributed by atoms with Crippen LogP contribution in [0.3, 0.4) is 0 Å². The van der Waals surface area contributed by atoms with Crippen LogP contribution in [0, 0.1) is 5.92 Å². The van der Waals surface area contributed by atoms with Crippen LogP contribution in [-0.4, -0.2) is 5.97 Å². The van der Waals surface area contributed by atoms with Crippen molar-refractivity contribution < 1.29 is 9.53 Å². The van der Waals surface area contributed by atoms with E-state index in [1.807, 2.05) is 18.2 Å². The van der Waals surface area contributed by atoms with Gasteiger partial charge in [0.05, 0.1) is 0 Å². The third-order valence-electron chi connectivity index (χ3n) is 2.83. The van der Waals surface area contributed by atoms with Gasteiger partial charge in [-0.05, 0) is 30.0 Å². The number of carbonyl (C=O) groups is 1. The normalized spacial score (nSPS) is 16.9. The summed E-state index contributed by atoms with van der Waals surface area (Å²) in [5.41, 5.74) is 7.14. The van der Waals surface area contributed by atoms with Crippen LogP contribution < -0.4 is 10.5 Å². The molecule has 0 unspecified atom stereocenters. The molecule has 0 amide bonds. The molecule has 1 atom stereocenters. The molecular weight excluding hydrogens is 202 g/mol. The van der Waals surface area contributed by atoms with Gasteiger partial charge in [0.1, 0.15) is 5.75 Å². The molecular formula is C13H17NO2. The van der Waals surface area contributed by atoms with Crippen molar-refractivity contribution in [2.24, 2.45) is 11.7 Å². The van der Waals surface area contributed by atoms with Gasteiger partial charge in [-0.3, -0.25) is 4.79 Å². The summed E-state index contributed by atoms with van der Waals surface area (Å²) in [6.07, 6.45) is 3.64. The third-order valence-corrected chi connectivity index (χ3v) is 2.83. The lowest BCUT2D eigenvalue weighted by Crippen LogP contribution is -2.11. The van der Waals surface area contributed by atoms with Gasteiger partial charge in [-0.1, -0.05) is 25.0 Å². The first-order chi connectivity index (χ1) is 7.65. The van der Waals surface area contributed by atoms with E-state index < -0.39 is 0 Å². The molecule has 1 aromatic carbocycles. The van der Waals surface area contributed by atoms with Crippen LogP contribution in [0.5, 0.6) is 5.75 Å². The van der Waals surface area contributed by atoms with E-state index in [1.165, 1.54) is 19.8 Å². The summed E-state index contributed by atoms with van der Waals surface area (Å²) in [6.45, 7) is 1.40. The summed E-state index contributed by atoms with van der Waals surface area (Å²) in [6, 6.07) is 7.55. The highest BCUT2D eigenvalue weighted by atomic mass is 16.5. The standard InChI is InChI=1S/C13H17NO2/c1-9(15)16-12-4-2-3-11(8-12)13(14)7-10-5-6-10/h2-4,8,10,13H,5-7,14H2,1H3/t13-/m0/s1. The highest BCUT2D eigenvalue weighted by molar-refractivity contribution is 5.69. The molecule has 0 radical (unpaired) electrons. The molecule has 1 aromatic rings. The largest absolute Gasteiger partial charge is 0.427 e. The smallest absolute Gasteiger partial charge is 0.308 e. The van der Waals surface area contributed by atoms with Crippen LogP contribution in [0.4, 0.5) is 0 Å². The first kappa shape index (κ1) is 11.1. The maximum Gasteiger partial charge on any atom is 0.308 e. The second-order valence-electron chi connectivity index (χ2n) is 4.45. The number of nitrogens with two attached hydrogens (primary N) is 1. The lowest BCUT2D eigenvalue weighted by Gasteiger charge is -2.12. The Hall–Kier alpha value is -1.35. The molecule has 0 spiro atoms. The van der Waals surface area contributed by atoms with E-state index in [0.717, 1.165) is 17.9 Å². The Bertz CT molecular complexity index is 385. The quantitative estimate of drug-likeness (QED) is 0.625. The van der Waals surface area contributed by atoms with Gasteiger partial charge < -0.3 is 10.5 Å². The highest BCUT2D eigenvalue weighted by Gasteiger charge is 2.24. The Labute approximate surface area is 95.6 Å². The van der Waals surface area contributed by atoms with Gasteiger partial charge in [-0.25, -0.2) is 0 Å². The summed E-state index contributed by atoms with van der Waals surface area (Å²) in [7, 11) is 0. The van der Waals surface area contributed by atoms with Crippen LogP contribution in [0.1, 0.15) is 37.8 Å². The van der Waals surface area contributed by atoms with Crippen LogP contribution >= 0.6 is 0 Å². The fraction of sp³-hybridized carbons (Fsp3) is 0.462. The van der Waals surface area contributed by atoms with Gasteiger partial charge in [0.15, 0.2) is 0 Å². The average molecular weight is 219 g/mol. The van der Waals surface area contributed by atoms with E-state index in [-0.39, 0.29) is 12.0 Å². The van der Waals surface area contributed by atoms with E-state index >= 15 is 0 Å². The maximum atomic E-state index is 10.8. The molecule has 1 saturated carbocycles. The Balaban J connectivity index is 2.04. The van der Waals surface area contributed by atoms with Gasteiger partial charge in [-0.15, -0.1) is 0 Å². The van der Waals surface area contributed by atoms with Crippen LogP contribution in [0.15, 0.2) is 24.3 Å². The molecule has 0 saturated heterocycles. The van der Waals surface area contributed by atoms with E-state index in [0.29, 0.717) is 5.75 Å². The molecule has 3 nitrogen and oxygen atoms in total. The summed E-state index contributed by atoms with van der Waals surface area (Å²) < 4.78 is 5.03. The minimum Gasteiger partial charge on any atom is -0.427 e. The van der Waals surface area contributed by atoms with Gasteiger partial charge in [0.2, 0.25) is 0 Å². The number of benzene rings is 1. The first-order valence-electron chi connectivity index (χ1n) is 5.69. The van der Waals surface area contributed by atoms with Gasteiger partial charge >= 0.3 is 5.97 Å². The van der Waals surface area contributed by atoms with Crippen molar-refractivity contribution in [1.29, 1.82) is 0 Å². The molecule has 0 aromatic heterocycles.